The zero-order valence-electron chi connectivity index (χ0n) is 12.1. The van der Waals surface area contributed by atoms with Crippen molar-refractivity contribution in [2.45, 2.75) is 19.9 Å². The molecule has 1 atom stereocenters. The van der Waals surface area contributed by atoms with Gasteiger partial charge in [0.1, 0.15) is 5.82 Å². The molecule has 120 valence electrons. The average Bonchev–Trinajstić information content (AvgIpc) is 2.82. The Balaban J connectivity index is 1.66. The number of anilines is 2. The SMILES string of the molecule is Cc1nc2n(n1)C[C@@H](CC(=O)Nc1ccc(Cl)c(Cl)c1)C(=O)N2. The Bertz CT molecular complexity index is 789. The van der Waals surface area contributed by atoms with Crippen molar-refractivity contribution in [3.8, 4) is 0 Å². The summed E-state index contributed by atoms with van der Waals surface area (Å²) in [7, 11) is 0. The summed E-state index contributed by atoms with van der Waals surface area (Å²) < 4.78 is 1.59. The Hall–Kier alpha value is -2.12. The zero-order valence-corrected chi connectivity index (χ0v) is 13.6. The summed E-state index contributed by atoms with van der Waals surface area (Å²) in [5.41, 5.74) is 0.526. The van der Waals surface area contributed by atoms with Crippen LogP contribution in [0.4, 0.5) is 11.6 Å². The van der Waals surface area contributed by atoms with Gasteiger partial charge in [-0.05, 0) is 25.1 Å². The number of carbonyl (C=O) groups is 2. The first-order valence-corrected chi connectivity index (χ1v) is 7.65. The van der Waals surface area contributed by atoms with Gasteiger partial charge in [-0.25, -0.2) is 4.68 Å². The predicted molar refractivity (Wildman–Crippen MR) is 86.6 cm³/mol. The number of halogens is 2. The van der Waals surface area contributed by atoms with E-state index >= 15 is 0 Å². The van der Waals surface area contributed by atoms with Crippen LogP contribution in [-0.2, 0) is 16.1 Å². The molecule has 2 N–H and O–H groups in total. The third-order valence-corrected chi connectivity index (χ3v) is 4.15. The number of hydrogen-bond donors (Lipinski definition) is 2. The first-order valence-electron chi connectivity index (χ1n) is 6.89. The van der Waals surface area contributed by atoms with E-state index in [4.69, 9.17) is 23.2 Å². The topological polar surface area (TPSA) is 88.9 Å². The molecule has 0 radical (unpaired) electrons. The van der Waals surface area contributed by atoms with E-state index in [9.17, 15) is 9.59 Å². The molecule has 23 heavy (non-hydrogen) atoms. The largest absolute Gasteiger partial charge is 0.326 e. The quantitative estimate of drug-likeness (QED) is 0.886. The fourth-order valence-corrected chi connectivity index (χ4v) is 2.64. The van der Waals surface area contributed by atoms with E-state index in [0.29, 0.717) is 34.1 Å². The molecule has 0 spiro atoms. The van der Waals surface area contributed by atoms with Gasteiger partial charge in [0.15, 0.2) is 0 Å². The van der Waals surface area contributed by atoms with Crippen LogP contribution in [0.3, 0.4) is 0 Å². The molecule has 2 heterocycles. The number of nitrogens with zero attached hydrogens (tertiary/aromatic N) is 3. The number of amides is 2. The van der Waals surface area contributed by atoms with Crippen LogP contribution < -0.4 is 10.6 Å². The minimum Gasteiger partial charge on any atom is -0.326 e. The third-order valence-electron chi connectivity index (χ3n) is 3.41. The molecule has 0 saturated heterocycles. The standard InChI is InChI=1S/C14H13Cl2N5O2/c1-7-17-14-19-13(23)8(6-21(14)20-7)4-12(22)18-9-2-3-10(15)11(16)5-9/h2-3,5,8H,4,6H2,1H3,(H,18,22)(H,17,19,20,23)/t8-/m1/s1. The number of fused-ring (bicyclic) bond motifs is 1. The summed E-state index contributed by atoms with van der Waals surface area (Å²) in [5.74, 6) is -0.0563. The van der Waals surface area contributed by atoms with Crippen LogP contribution in [0.2, 0.25) is 10.0 Å². The van der Waals surface area contributed by atoms with E-state index in [1.54, 1.807) is 29.8 Å². The van der Waals surface area contributed by atoms with Crippen molar-refractivity contribution in [3.63, 3.8) is 0 Å². The molecular weight excluding hydrogens is 341 g/mol. The van der Waals surface area contributed by atoms with Gasteiger partial charge in [0.2, 0.25) is 17.8 Å². The number of rotatable bonds is 3. The zero-order chi connectivity index (χ0) is 16.6. The van der Waals surface area contributed by atoms with Gasteiger partial charge in [0.05, 0.1) is 22.5 Å². The van der Waals surface area contributed by atoms with Crippen LogP contribution in [-0.4, -0.2) is 26.6 Å². The van der Waals surface area contributed by atoms with Gasteiger partial charge in [0, 0.05) is 12.1 Å². The van der Waals surface area contributed by atoms with E-state index in [1.165, 1.54) is 0 Å². The maximum Gasteiger partial charge on any atom is 0.232 e. The molecule has 1 aromatic carbocycles. The molecule has 0 unspecified atom stereocenters. The molecule has 2 aromatic rings. The maximum absolute atomic E-state index is 12.1. The Morgan fingerprint density at radius 2 is 2.22 bits per heavy atom. The second kappa shape index (κ2) is 6.17. The van der Waals surface area contributed by atoms with Crippen molar-refractivity contribution in [1.82, 2.24) is 14.8 Å². The highest BCUT2D eigenvalue weighted by molar-refractivity contribution is 6.42. The summed E-state index contributed by atoms with van der Waals surface area (Å²) in [6.07, 6.45) is 0.0322. The molecule has 0 saturated carbocycles. The summed E-state index contributed by atoms with van der Waals surface area (Å²) >= 11 is 11.7. The molecule has 0 aliphatic carbocycles. The van der Waals surface area contributed by atoms with Crippen molar-refractivity contribution in [2.24, 2.45) is 5.92 Å². The lowest BCUT2D eigenvalue weighted by atomic mass is 10.0. The molecule has 1 aliphatic heterocycles. The fraction of sp³-hybridized carbons (Fsp3) is 0.286. The average molecular weight is 354 g/mol. The lowest BCUT2D eigenvalue weighted by Gasteiger charge is -2.21. The van der Waals surface area contributed by atoms with Crippen LogP contribution in [0.5, 0.6) is 0 Å². The van der Waals surface area contributed by atoms with E-state index < -0.39 is 5.92 Å². The highest BCUT2D eigenvalue weighted by Gasteiger charge is 2.29. The smallest absolute Gasteiger partial charge is 0.232 e. The lowest BCUT2D eigenvalue weighted by molar-refractivity contribution is -0.125. The number of aromatic nitrogens is 3. The normalized spacial score (nSPS) is 16.7. The van der Waals surface area contributed by atoms with Crippen LogP contribution in [0.1, 0.15) is 12.2 Å². The molecule has 1 aromatic heterocycles. The Morgan fingerprint density at radius 3 is 2.96 bits per heavy atom. The summed E-state index contributed by atoms with van der Waals surface area (Å²) in [5, 5.41) is 10.3. The van der Waals surface area contributed by atoms with Crippen LogP contribution >= 0.6 is 23.2 Å². The number of aryl methyl sites for hydroxylation is 1. The van der Waals surface area contributed by atoms with Crippen LogP contribution in [0, 0.1) is 12.8 Å². The number of benzene rings is 1. The Kier molecular flexibility index (Phi) is 4.23. The van der Waals surface area contributed by atoms with Gasteiger partial charge in [-0.15, -0.1) is 0 Å². The Morgan fingerprint density at radius 1 is 1.43 bits per heavy atom. The van der Waals surface area contributed by atoms with Gasteiger partial charge < -0.3 is 5.32 Å². The third kappa shape index (κ3) is 3.46. The molecule has 9 heteroatoms. The number of nitrogens with one attached hydrogen (secondary N) is 2. The monoisotopic (exact) mass is 353 g/mol. The first-order chi connectivity index (χ1) is 10.9. The summed E-state index contributed by atoms with van der Waals surface area (Å²) in [6, 6.07) is 4.80. The van der Waals surface area contributed by atoms with Crippen molar-refractivity contribution >= 4 is 46.7 Å². The van der Waals surface area contributed by atoms with E-state index in [0.717, 1.165) is 0 Å². The minimum atomic E-state index is -0.508. The van der Waals surface area contributed by atoms with Crippen molar-refractivity contribution < 1.29 is 9.59 Å². The summed E-state index contributed by atoms with van der Waals surface area (Å²) in [4.78, 5) is 28.3. The van der Waals surface area contributed by atoms with Gasteiger partial charge >= 0.3 is 0 Å². The van der Waals surface area contributed by atoms with E-state index in [-0.39, 0.29) is 18.2 Å². The molecule has 0 bridgehead atoms. The molecule has 3 rings (SSSR count). The Labute approximate surface area is 142 Å². The molecular formula is C14H13Cl2N5O2. The van der Waals surface area contributed by atoms with Gasteiger partial charge in [0.25, 0.3) is 0 Å². The van der Waals surface area contributed by atoms with E-state index in [1.807, 2.05) is 0 Å². The van der Waals surface area contributed by atoms with Crippen molar-refractivity contribution in [3.05, 3.63) is 34.1 Å². The predicted octanol–water partition coefficient (Wildman–Crippen LogP) is 2.49. The second-order valence-corrected chi connectivity index (χ2v) is 6.05. The lowest BCUT2D eigenvalue weighted by Crippen LogP contribution is -2.36. The molecule has 2 amide bonds. The van der Waals surface area contributed by atoms with Gasteiger partial charge in [-0.3, -0.25) is 14.9 Å². The molecule has 7 nitrogen and oxygen atoms in total. The van der Waals surface area contributed by atoms with Crippen molar-refractivity contribution in [2.75, 3.05) is 10.6 Å². The molecule has 1 aliphatic rings. The van der Waals surface area contributed by atoms with Crippen molar-refractivity contribution in [1.29, 1.82) is 0 Å². The van der Waals surface area contributed by atoms with Crippen LogP contribution in [0.15, 0.2) is 18.2 Å². The van der Waals surface area contributed by atoms with Gasteiger partial charge in [-0.1, -0.05) is 23.2 Å². The summed E-state index contributed by atoms with van der Waals surface area (Å²) in [6.45, 7) is 2.06. The highest BCUT2D eigenvalue weighted by Crippen LogP contribution is 2.25. The van der Waals surface area contributed by atoms with Crippen LogP contribution in [0.25, 0.3) is 0 Å². The number of carbonyl (C=O) groups excluding carboxylic acids is 2. The van der Waals surface area contributed by atoms with Gasteiger partial charge in [-0.2, -0.15) is 10.1 Å². The number of hydrogen-bond acceptors (Lipinski definition) is 4. The second-order valence-electron chi connectivity index (χ2n) is 5.23. The fourth-order valence-electron chi connectivity index (χ4n) is 2.35. The molecule has 0 fully saturated rings. The van der Waals surface area contributed by atoms with E-state index in [2.05, 4.69) is 20.7 Å². The minimum absolute atomic E-state index is 0.0322. The first kappa shape index (κ1) is 15.8. The highest BCUT2D eigenvalue weighted by atomic mass is 35.5. The maximum atomic E-state index is 12.1.